The highest BCUT2D eigenvalue weighted by Gasteiger charge is 2.18. The number of hydrogen-bond acceptors (Lipinski definition) is 2. The van der Waals surface area contributed by atoms with E-state index in [-0.39, 0.29) is 5.41 Å². The van der Waals surface area contributed by atoms with Crippen molar-refractivity contribution in [2.24, 2.45) is 11.1 Å². The average molecular weight is 182 g/mol. The lowest BCUT2D eigenvalue weighted by atomic mass is 9.93. The van der Waals surface area contributed by atoms with Crippen molar-refractivity contribution in [3.63, 3.8) is 0 Å². The van der Waals surface area contributed by atoms with Gasteiger partial charge in [-0.25, -0.2) is 0 Å². The minimum absolute atomic E-state index is 0.199. The second-order valence-electron chi connectivity index (χ2n) is 4.19. The zero-order chi connectivity index (χ0) is 10.3. The van der Waals surface area contributed by atoms with Crippen LogP contribution in [0.5, 0.6) is 0 Å². The molecule has 0 atom stereocenters. The van der Waals surface area contributed by atoms with Crippen LogP contribution in [-0.2, 0) is 0 Å². The van der Waals surface area contributed by atoms with Crippen LogP contribution in [0.15, 0.2) is 0 Å². The third-order valence-corrected chi connectivity index (χ3v) is 2.22. The standard InChI is InChI=1S/C11H22N2/c1-5-7-8-13(6-2)10-11(3,4)9-12/h1H,6-10,12H2,2-4H3. The van der Waals surface area contributed by atoms with Crippen LogP contribution >= 0.6 is 0 Å². The van der Waals surface area contributed by atoms with Gasteiger partial charge < -0.3 is 10.6 Å². The Morgan fingerprint density at radius 1 is 1.46 bits per heavy atom. The highest BCUT2D eigenvalue weighted by Crippen LogP contribution is 2.14. The maximum absolute atomic E-state index is 5.67. The smallest absolute Gasteiger partial charge is 0.0214 e. The number of rotatable bonds is 6. The molecule has 0 aromatic rings. The summed E-state index contributed by atoms with van der Waals surface area (Å²) >= 11 is 0. The van der Waals surface area contributed by atoms with Crippen LogP contribution in [0.25, 0.3) is 0 Å². The van der Waals surface area contributed by atoms with Crippen LogP contribution in [0.3, 0.4) is 0 Å². The quantitative estimate of drug-likeness (QED) is 0.628. The third-order valence-electron chi connectivity index (χ3n) is 2.22. The van der Waals surface area contributed by atoms with Gasteiger partial charge in [0.25, 0.3) is 0 Å². The summed E-state index contributed by atoms with van der Waals surface area (Å²) in [5.74, 6) is 2.66. The molecule has 0 rings (SSSR count). The van der Waals surface area contributed by atoms with Gasteiger partial charge in [0.2, 0.25) is 0 Å². The van der Waals surface area contributed by atoms with Crippen LogP contribution < -0.4 is 5.73 Å². The summed E-state index contributed by atoms with van der Waals surface area (Å²) in [6, 6.07) is 0. The molecular formula is C11H22N2. The molecule has 2 nitrogen and oxygen atoms in total. The maximum Gasteiger partial charge on any atom is 0.0214 e. The van der Waals surface area contributed by atoms with Crippen molar-refractivity contribution in [1.29, 1.82) is 0 Å². The number of nitrogens with two attached hydrogens (primary N) is 1. The van der Waals surface area contributed by atoms with Crippen molar-refractivity contribution in [3.05, 3.63) is 0 Å². The molecular weight excluding hydrogens is 160 g/mol. The molecule has 0 saturated carbocycles. The lowest BCUT2D eigenvalue weighted by molar-refractivity contribution is 0.193. The van der Waals surface area contributed by atoms with E-state index in [2.05, 4.69) is 31.6 Å². The van der Waals surface area contributed by atoms with Crippen LogP contribution in [0, 0.1) is 17.8 Å². The van der Waals surface area contributed by atoms with Crippen LogP contribution in [0.1, 0.15) is 27.2 Å². The Morgan fingerprint density at radius 2 is 2.08 bits per heavy atom. The Hall–Kier alpha value is -0.520. The zero-order valence-electron chi connectivity index (χ0n) is 9.14. The van der Waals surface area contributed by atoms with Gasteiger partial charge in [0.1, 0.15) is 0 Å². The monoisotopic (exact) mass is 182 g/mol. The van der Waals surface area contributed by atoms with Gasteiger partial charge in [0.15, 0.2) is 0 Å². The van der Waals surface area contributed by atoms with Gasteiger partial charge in [-0.2, -0.15) is 0 Å². The molecule has 0 spiro atoms. The van der Waals surface area contributed by atoms with Gasteiger partial charge in [0, 0.05) is 19.5 Å². The van der Waals surface area contributed by atoms with Crippen molar-refractivity contribution in [2.45, 2.75) is 27.2 Å². The summed E-state index contributed by atoms with van der Waals surface area (Å²) in [6.45, 7) is 10.3. The van der Waals surface area contributed by atoms with E-state index in [1.165, 1.54) is 0 Å². The van der Waals surface area contributed by atoms with E-state index in [1.54, 1.807) is 0 Å². The topological polar surface area (TPSA) is 29.3 Å². The SMILES string of the molecule is C#CCCN(CC)CC(C)(C)CN. The van der Waals surface area contributed by atoms with Crippen molar-refractivity contribution in [3.8, 4) is 12.3 Å². The largest absolute Gasteiger partial charge is 0.330 e. The molecule has 0 saturated heterocycles. The summed E-state index contributed by atoms with van der Waals surface area (Å²) in [7, 11) is 0. The molecule has 13 heavy (non-hydrogen) atoms. The zero-order valence-corrected chi connectivity index (χ0v) is 9.14. The van der Waals surface area contributed by atoms with Crippen LogP contribution in [-0.4, -0.2) is 31.1 Å². The molecule has 2 N–H and O–H groups in total. The van der Waals surface area contributed by atoms with Gasteiger partial charge in [-0.05, 0) is 18.5 Å². The van der Waals surface area contributed by atoms with Gasteiger partial charge in [-0.3, -0.25) is 0 Å². The first-order valence-corrected chi connectivity index (χ1v) is 4.91. The van der Waals surface area contributed by atoms with Gasteiger partial charge >= 0.3 is 0 Å². The Kier molecular flexibility index (Phi) is 5.77. The van der Waals surface area contributed by atoms with Crippen LogP contribution in [0.2, 0.25) is 0 Å². The van der Waals surface area contributed by atoms with Gasteiger partial charge in [0.05, 0.1) is 0 Å². The summed E-state index contributed by atoms with van der Waals surface area (Å²) in [5.41, 5.74) is 5.87. The van der Waals surface area contributed by atoms with E-state index in [4.69, 9.17) is 12.2 Å². The first-order valence-electron chi connectivity index (χ1n) is 4.91. The fourth-order valence-corrected chi connectivity index (χ4v) is 1.24. The number of terminal acetylenes is 1. The van der Waals surface area contributed by atoms with Crippen molar-refractivity contribution in [1.82, 2.24) is 4.90 Å². The number of hydrogen-bond donors (Lipinski definition) is 1. The fourth-order valence-electron chi connectivity index (χ4n) is 1.24. The van der Waals surface area contributed by atoms with Crippen LogP contribution in [0.4, 0.5) is 0 Å². The molecule has 0 aliphatic heterocycles. The fraction of sp³-hybridized carbons (Fsp3) is 0.818. The molecule has 76 valence electrons. The summed E-state index contributed by atoms with van der Waals surface area (Å²) in [5, 5.41) is 0. The highest BCUT2D eigenvalue weighted by atomic mass is 15.1. The normalized spacial score (nSPS) is 11.7. The molecule has 0 aliphatic rings. The molecule has 0 aromatic heterocycles. The molecule has 0 fully saturated rings. The Labute approximate surface area is 82.5 Å². The molecule has 0 amide bonds. The molecule has 0 bridgehead atoms. The highest BCUT2D eigenvalue weighted by molar-refractivity contribution is 4.85. The predicted molar refractivity (Wildman–Crippen MR) is 58.4 cm³/mol. The molecule has 0 aliphatic carbocycles. The van der Waals surface area contributed by atoms with E-state index < -0.39 is 0 Å². The van der Waals surface area contributed by atoms with Crippen molar-refractivity contribution in [2.75, 3.05) is 26.2 Å². The Balaban J connectivity index is 3.91. The predicted octanol–water partition coefficient (Wildman–Crippen LogP) is 1.32. The second kappa shape index (κ2) is 6.01. The molecule has 2 heteroatoms. The first kappa shape index (κ1) is 12.5. The van der Waals surface area contributed by atoms with E-state index in [0.717, 1.165) is 32.6 Å². The Bertz CT molecular complexity index is 167. The third kappa shape index (κ3) is 5.68. The average Bonchev–Trinajstić information content (AvgIpc) is 2.12. The van der Waals surface area contributed by atoms with Crippen molar-refractivity contribution < 1.29 is 0 Å². The van der Waals surface area contributed by atoms with Gasteiger partial charge in [-0.1, -0.05) is 20.8 Å². The second-order valence-corrected chi connectivity index (χ2v) is 4.19. The molecule has 0 radical (unpaired) electrons. The lowest BCUT2D eigenvalue weighted by Crippen LogP contribution is -2.39. The van der Waals surface area contributed by atoms with E-state index in [9.17, 15) is 0 Å². The van der Waals surface area contributed by atoms with E-state index in [1.807, 2.05) is 0 Å². The van der Waals surface area contributed by atoms with E-state index in [0.29, 0.717) is 0 Å². The maximum atomic E-state index is 5.67. The first-order chi connectivity index (χ1) is 6.05. The van der Waals surface area contributed by atoms with Crippen molar-refractivity contribution >= 4 is 0 Å². The summed E-state index contributed by atoms with van der Waals surface area (Å²) < 4.78 is 0. The molecule has 0 heterocycles. The minimum Gasteiger partial charge on any atom is -0.330 e. The van der Waals surface area contributed by atoms with Gasteiger partial charge in [-0.15, -0.1) is 12.3 Å². The minimum atomic E-state index is 0.199. The lowest BCUT2D eigenvalue weighted by Gasteiger charge is -2.30. The summed E-state index contributed by atoms with van der Waals surface area (Å²) in [4.78, 5) is 2.35. The molecule has 0 unspecified atom stereocenters. The summed E-state index contributed by atoms with van der Waals surface area (Å²) in [6.07, 6.45) is 6.05. The number of nitrogens with zero attached hydrogens (tertiary/aromatic N) is 1. The molecule has 0 aromatic carbocycles. The van der Waals surface area contributed by atoms with E-state index >= 15 is 0 Å². The Morgan fingerprint density at radius 3 is 2.46 bits per heavy atom.